The average molecular weight is 310 g/mol. The van der Waals surface area contributed by atoms with Crippen molar-refractivity contribution >= 4 is 26.9 Å². The van der Waals surface area contributed by atoms with Crippen molar-refractivity contribution in [2.24, 2.45) is 0 Å². The fraction of sp³-hybridized carbons (Fsp3) is 0.0769. The summed E-state index contributed by atoms with van der Waals surface area (Å²) in [6, 6.07) is 9.33. The van der Waals surface area contributed by atoms with E-state index in [0.717, 1.165) is 12.3 Å². The highest BCUT2D eigenvalue weighted by Gasteiger charge is 2.19. The second kappa shape index (κ2) is 5.49. The largest absolute Gasteiger partial charge is 0.350 e. The van der Waals surface area contributed by atoms with Gasteiger partial charge in [-0.15, -0.1) is 0 Å². The Balaban J connectivity index is 2.35. The third-order valence-electron chi connectivity index (χ3n) is 2.73. The van der Waals surface area contributed by atoms with Crippen LogP contribution in [0.5, 0.6) is 0 Å². The van der Waals surface area contributed by atoms with Gasteiger partial charge in [0.15, 0.2) is 9.84 Å². The van der Waals surface area contributed by atoms with Gasteiger partial charge >= 0.3 is 5.69 Å². The molecule has 2 aromatic carbocycles. The molecule has 8 heteroatoms. The minimum Gasteiger partial charge on any atom is -0.350 e. The van der Waals surface area contributed by atoms with Crippen LogP contribution < -0.4 is 5.32 Å². The van der Waals surface area contributed by atoms with E-state index in [-0.39, 0.29) is 10.6 Å². The smallest absolute Gasteiger partial charge is 0.327 e. The molecule has 2 rings (SSSR count). The standard InChI is InChI=1S/C13H11FN2O4S/c1-21(19,20)10-7-5-9(6-8-10)15-12-4-2-3-11(14)13(12)16(17)18/h2-8,15H,1H3. The van der Waals surface area contributed by atoms with Crippen molar-refractivity contribution in [1.82, 2.24) is 0 Å². The van der Waals surface area contributed by atoms with Crippen molar-refractivity contribution in [2.45, 2.75) is 4.90 Å². The molecule has 2 aromatic rings. The fourth-order valence-electron chi connectivity index (χ4n) is 1.74. The molecule has 0 spiro atoms. The Kier molecular flexibility index (Phi) is 3.90. The molecule has 0 atom stereocenters. The molecule has 0 heterocycles. The van der Waals surface area contributed by atoms with Gasteiger partial charge in [0.1, 0.15) is 5.69 Å². The summed E-state index contributed by atoms with van der Waals surface area (Å²) in [4.78, 5) is 10.2. The number of anilines is 2. The quantitative estimate of drug-likeness (QED) is 0.693. The van der Waals surface area contributed by atoms with Crippen molar-refractivity contribution in [2.75, 3.05) is 11.6 Å². The van der Waals surface area contributed by atoms with Crippen molar-refractivity contribution in [1.29, 1.82) is 0 Å². The van der Waals surface area contributed by atoms with E-state index in [1.165, 1.54) is 36.4 Å². The molecule has 6 nitrogen and oxygen atoms in total. The lowest BCUT2D eigenvalue weighted by Gasteiger charge is -2.08. The van der Waals surface area contributed by atoms with Gasteiger partial charge < -0.3 is 5.32 Å². The monoisotopic (exact) mass is 310 g/mol. The SMILES string of the molecule is CS(=O)(=O)c1ccc(Nc2cccc(F)c2[N+](=O)[O-])cc1. The number of nitro benzene ring substituents is 1. The maximum Gasteiger partial charge on any atom is 0.327 e. The van der Waals surface area contributed by atoms with Crippen LogP contribution in [0.15, 0.2) is 47.4 Å². The lowest BCUT2D eigenvalue weighted by Crippen LogP contribution is -2.00. The van der Waals surface area contributed by atoms with E-state index < -0.39 is 26.3 Å². The molecular weight excluding hydrogens is 299 g/mol. The average Bonchev–Trinajstić information content (AvgIpc) is 2.38. The molecule has 0 aliphatic carbocycles. The molecule has 0 radical (unpaired) electrons. The normalized spacial score (nSPS) is 11.1. The van der Waals surface area contributed by atoms with Crippen LogP contribution in [0.2, 0.25) is 0 Å². The predicted molar refractivity (Wildman–Crippen MR) is 75.9 cm³/mol. The van der Waals surface area contributed by atoms with E-state index >= 15 is 0 Å². The third-order valence-corrected chi connectivity index (χ3v) is 3.86. The number of nitrogens with zero attached hydrogens (tertiary/aromatic N) is 1. The first-order valence-electron chi connectivity index (χ1n) is 5.79. The summed E-state index contributed by atoms with van der Waals surface area (Å²) >= 11 is 0. The maximum atomic E-state index is 13.5. The number of rotatable bonds is 4. The van der Waals surface area contributed by atoms with E-state index in [1.54, 1.807) is 0 Å². The first kappa shape index (κ1) is 14.9. The Bertz CT molecular complexity index is 788. The van der Waals surface area contributed by atoms with Gasteiger partial charge in [0, 0.05) is 11.9 Å². The van der Waals surface area contributed by atoms with Gasteiger partial charge in [0.25, 0.3) is 0 Å². The third kappa shape index (κ3) is 3.34. The number of halogens is 1. The Labute approximate surface area is 120 Å². The van der Waals surface area contributed by atoms with Crippen molar-refractivity contribution in [3.05, 3.63) is 58.4 Å². The molecule has 0 fully saturated rings. The molecule has 0 aliphatic rings. The minimum absolute atomic E-state index is 0.00731. The summed E-state index contributed by atoms with van der Waals surface area (Å²) in [6.07, 6.45) is 1.08. The Hall–Kier alpha value is -2.48. The van der Waals surface area contributed by atoms with Gasteiger partial charge in [-0.05, 0) is 36.4 Å². The molecule has 0 saturated carbocycles. The highest BCUT2D eigenvalue weighted by Crippen LogP contribution is 2.30. The van der Waals surface area contributed by atoms with Crippen LogP contribution in [0.4, 0.5) is 21.5 Å². The maximum absolute atomic E-state index is 13.5. The molecule has 0 aromatic heterocycles. The highest BCUT2D eigenvalue weighted by molar-refractivity contribution is 7.90. The number of nitrogens with one attached hydrogen (secondary N) is 1. The summed E-state index contributed by atoms with van der Waals surface area (Å²) in [5, 5.41) is 13.6. The van der Waals surface area contributed by atoms with Crippen LogP contribution in [-0.4, -0.2) is 19.6 Å². The molecule has 110 valence electrons. The lowest BCUT2D eigenvalue weighted by atomic mass is 10.2. The molecule has 0 saturated heterocycles. The van der Waals surface area contributed by atoms with Crippen LogP contribution in [0, 0.1) is 15.9 Å². The Morgan fingerprint density at radius 2 is 1.76 bits per heavy atom. The topological polar surface area (TPSA) is 89.3 Å². The number of sulfone groups is 1. The van der Waals surface area contributed by atoms with Crippen LogP contribution >= 0.6 is 0 Å². The molecule has 21 heavy (non-hydrogen) atoms. The highest BCUT2D eigenvalue weighted by atomic mass is 32.2. The minimum atomic E-state index is -3.32. The van der Waals surface area contributed by atoms with E-state index in [0.29, 0.717) is 5.69 Å². The van der Waals surface area contributed by atoms with Gasteiger partial charge in [-0.3, -0.25) is 10.1 Å². The summed E-state index contributed by atoms with van der Waals surface area (Å²) < 4.78 is 36.1. The summed E-state index contributed by atoms with van der Waals surface area (Å²) in [6.45, 7) is 0. The van der Waals surface area contributed by atoms with Crippen molar-refractivity contribution in [3.8, 4) is 0 Å². The molecule has 0 aliphatic heterocycles. The summed E-state index contributed by atoms with van der Waals surface area (Å²) in [5.74, 6) is -0.947. The Morgan fingerprint density at radius 1 is 1.14 bits per heavy atom. The predicted octanol–water partition coefficient (Wildman–Crippen LogP) is 2.88. The Morgan fingerprint density at radius 3 is 2.29 bits per heavy atom. The second-order valence-corrected chi connectivity index (χ2v) is 6.33. The van der Waals surface area contributed by atoms with Gasteiger partial charge in [-0.25, -0.2) is 8.42 Å². The van der Waals surface area contributed by atoms with Crippen molar-refractivity contribution < 1.29 is 17.7 Å². The van der Waals surface area contributed by atoms with Crippen molar-refractivity contribution in [3.63, 3.8) is 0 Å². The second-order valence-electron chi connectivity index (χ2n) is 4.31. The zero-order valence-corrected chi connectivity index (χ0v) is 11.7. The molecule has 0 unspecified atom stereocenters. The molecule has 1 N–H and O–H groups in total. The number of para-hydroxylation sites is 1. The summed E-state index contributed by atoms with van der Waals surface area (Å²) in [5.41, 5.74) is -0.257. The van der Waals surface area contributed by atoms with E-state index in [9.17, 15) is 22.9 Å². The molecule has 0 bridgehead atoms. The number of benzene rings is 2. The van der Waals surface area contributed by atoms with Crippen LogP contribution in [0.3, 0.4) is 0 Å². The zero-order chi connectivity index (χ0) is 15.6. The van der Waals surface area contributed by atoms with Gasteiger partial charge in [0.05, 0.1) is 9.82 Å². The number of nitro groups is 1. The lowest BCUT2D eigenvalue weighted by molar-refractivity contribution is -0.386. The van der Waals surface area contributed by atoms with E-state index in [1.807, 2.05) is 0 Å². The van der Waals surface area contributed by atoms with E-state index in [2.05, 4.69) is 5.32 Å². The van der Waals surface area contributed by atoms with Crippen LogP contribution in [0.1, 0.15) is 0 Å². The number of hydrogen-bond acceptors (Lipinski definition) is 5. The van der Waals surface area contributed by atoms with Gasteiger partial charge in [-0.2, -0.15) is 4.39 Å². The summed E-state index contributed by atoms with van der Waals surface area (Å²) in [7, 11) is -3.32. The molecule has 0 amide bonds. The first-order chi connectivity index (χ1) is 9.79. The fourth-order valence-corrected chi connectivity index (χ4v) is 2.37. The van der Waals surface area contributed by atoms with Crippen LogP contribution in [0.25, 0.3) is 0 Å². The first-order valence-corrected chi connectivity index (χ1v) is 7.68. The van der Waals surface area contributed by atoms with Gasteiger partial charge in [-0.1, -0.05) is 6.07 Å². The van der Waals surface area contributed by atoms with Gasteiger partial charge in [0.2, 0.25) is 5.82 Å². The number of hydrogen-bond donors (Lipinski definition) is 1. The zero-order valence-electron chi connectivity index (χ0n) is 10.9. The molecular formula is C13H11FN2O4S. The van der Waals surface area contributed by atoms with E-state index in [4.69, 9.17) is 0 Å². The van der Waals surface area contributed by atoms with Crippen LogP contribution in [-0.2, 0) is 9.84 Å².